The monoisotopic (exact) mass is 153 g/mol. The normalized spacial score (nSPS) is 30.2. The van der Waals surface area contributed by atoms with Gasteiger partial charge in [0.25, 0.3) is 0 Å². The highest BCUT2D eigenvalue weighted by Gasteiger charge is 2.22. The van der Waals surface area contributed by atoms with Crippen LogP contribution in [0.3, 0.4) is 0 Å². The van der Waals surface area contributed by atoms with E-state index in [4.69, 9.17) is 11.2 Å². The molecule has 0 spiro atoms. The third-order valence-corrected chi connectivity index (χ3v) is 2.05. The van der Waals surface area contributed by atoms with E-state index in [2.05, 4.69) is 18.2 Å². The molecule has 1 aliphatic rings. The van der Waals surface area contributed by atoms with Gasteiger partial charge in [0.05, 0.1) is 6.10 Å². The van der Waals surface area contributed by atoms with E-state index in [1.54, 1.807) is 0 Å². The number of ether oxygens (including phenoxy) is 1. The van der Waals surface area contributed by atoms with Gasteiger partial charge in [-0.2, -0.15) is 0 Å². The molecule has 0 aromatic rings. The molecular formula is C9H15NO. The van der Waals surface area contributed by atoms with Gasteiger partial charge in [0.2, 0.25) is 0 Å². The fourth-order valence-corrected chi connectivity index (χ4v) is 1.33. The fourth-order valence-electron chi connectivity index (χ4n) is 1.33. The first-order valence-corrected chi connectivity index (χ1v) is 4.13. The molecule has 1 heterocycles. The lowest BCUT2D eigenvalue weighted by Gasteiger charge is -2.14. The zero-order valence-electron chi connectivity index (χ0n) is 6.97. The summed E-state index contributed by atoms with van der Waals surface area (Å²) >= 11 is 0. The maximum atomic E-state index is 5.38. The van der Waals surface area contributed by atoms with Gasteiger partial charge in [-0.05, 0) is 13.3 Å². The molecule has 1 aliphatic heterocycles. The average Bonchev–Trinajstić information content (AvgIpc) is 2.37. The van der Waals surface area contributed by atoms with Crippen molar-refractivity contribution in [3.8, 4) is 12.3 Å². The van der Waals surface area contributed by atoms with E-state index in [0.29, 0.717) is 12.1 Å². The Hall–Kier alpha value is -0.520. The highest BCUT2D eigenvalue weighted by molar-refractivity contribution is 4.86. The van der Waals surface area contributed by atoms with Crippen molar-refractivity contribution in [2.75, 3.05) is 13.2 Å². The van der Waals surface area contributed by atoms with Gasteiger partial charge in [0, 0.05) is 25.6 Å². The molecule has 1 N–H and O–H groups in total. The second kappa shape index (κ2) is 4.38. The third-order valence-electron chi connectivity index (χ3n) is 2.05. The second-order valence-corrected chi connectivity index (χ2v) is 2.88. The van der Waals surface area contributed by atoms with E-state index >= 15 is 0 Å². The molecule has 1 rings (SSSR count). The summed E-state index contributed by atoms with van der Waals surface area (Å²) in [5, 5.41) is 3.36. The lowest BCUT2D eigenvalue weighted by atomic mass is 10.1. The summed E-state index contributed by atoms with van der Waals surface area (Å²) in [4.78, 5) is 0. The molecular weight excluding hydrogens is 138 g/mol. The highest BCUT2D eigenvalue weighted by Crippen LogP contribution is 2.11. The molecule has 0 aromatic carbocycles. The van der Waals surface area contributed by atoms with E-state index in [9.17, 15) is 0 Å². The minimum atomic E-state index is 0.354. The Morgan fingerprint density at radius 2 is 2.55 bits per heavy atom. The standard InChI is InChI=1S/C9H15NO/c1-3-4-6-10-9-5-7-11-8(9)2/h1,8-10H,4-7H2,2H3. The smallest absolute Gasteiger partial charge is 0.0700 e. The minimum absolute atomic E-state index is 0.354. The number of hydrogen-bond donors (Lipinski definition) is 1. The van der Waals surface area contributed by atoms with Gasteiger partial charge in [-0.3, -0.25) is 0 Å². The first-order valence-electron chi connectivity index (χ1n) is 4.13. The van der Waals surface area contributed by atoms with Crippen LogP contribution in [0.1, 0.15) is 19.8 Å². The van der Waals surface area contributed by atoms with Crippen molar-refractivity contribution in [2.45, 2.75) is 31.9 Å². The van der Waals surface area contributed by atoms with Crippen molar-refractivity contribution >= 4 is 0 Å². The van der Waals surface area contributed by atoms with Crippen LogP contribution in [-0.2, 0) is 4.74 Å². The second-order valence-electron chi connectivity index (χ2n) is 2.88. The molecule has 2 nitrogen and oxygen atoms in total. The number of nitrogens with one attached hydrogen (secondary N) is 1. The molecule has 2 atom stereocenters. The van der Waals surface area contributed by atoms with Crippen LogP contribution >= 0.6 is 0 Å². The predicted octanol–water partition coefficient (Wildman–Crippen LogP) is 0.777. The molecule has 1 fully saturated rings. The quantitative estimate of drug-likeness (QED) is 0.478. The van der Waals surface area contributed by atoms with Crippen molar-refractivity contribution in [1.82, 2.24) is 5.32 Å². The van der Waals surface area contributed by atoms with Crippen LogP contribution in [0.25, 0.3) is 0 Å². The largest absolute Gasteiger partial charge is 0.377 e. The predicted molar refractivity (Wildman–Crippen MR) is 45.3 cm³/mol. The van der Waals surface area contributed by atoms with Crippen molar-refractivity contribution in [3.05, 3.63) is 0 Å². The number of hydrogen-bond acceptors (Lipinski definition) is 2. The topological polar surface area (TPSA) is 21.3 Å². The Morgan fingerprint density at radius 3 is 3.09 bits per heavy atom. The lowest BCUT2D eigenvalue weighted by molar-refractivity contribution is 0.113. The van der Waals surface area contributed by atoms with Crippen molar-refractivity contribution < 1.29 is 4.74 Å². The molecule has 2 heteroatoms. The van der Waals surface area contributed by atoms with E-state index in [1.807, 2.05) is 0 Å². The summed E-state index contributed by atoms with van der Waals surface area (Å²) < 4.78 is 5.38. The molecule has 0 aromatic heterocycles. The van der Waals surface area contributed by atoms with Gasteiger partial charge >= 0.3 is 0 Å². The van der Waals surface area contributed by atoms with Gasteiger partial charge in [0.1, 0.15) is 0 Å². The summed E-state index contributed by atoms with van der Waals surface area (Å²) in [6, 6.07) is 0.517. The Morgan fingerprint density at radius 1 is 1.73 bits per heavy atom. The molecule has 1 saturated heterocycles. The summed E-state index contributed by atoms with van der Waals surface area (Å²) in [5.41, 5.74) is 0. The maximum absolute atomic E-state index is 5.38. The summed E-state index contributed by atoms with van der Waals surface area (Å²) in [7, 11) is 0. The molecule has 0 aliphatic carbocycles. The van der Waals surface area contributed by atoms with E-state index in [-0.39, 0.29) is 0 Å². The summed E-state index contributed by atoms with van der Waals surface area (Å²) in [5.74, 6) is 2.60. The maximum Gasteiger partial charge on any atom is 0.0700 e. The van der Waals surface area contributed by atoms with E-state index in [1.165, 1.54) is 0 Å². The molecule has 0 bridgehead atoms. The third kappa shape index (κ3) is 2.53. The number of terminal acetylenes is 1. The highest BCUT2D eigenvalue weighted by atomic mass is 16.5. The molecule has 0 saturated carbocycles. The van der Waals surface area contributed by atoms with Gasteiger partial charge < -0.3 is 10.1 Å². The molecule has 2 unspecified atom stereocenters. The van der Waals surface area contributed by atoms with Crippen LogP contribution in [0.2, 0.25) is 0 Å². The van der Waals surface area contributed by atoms with Crippen LogP contribution in [-0.4, -0.2) is 25.3 Å². The first kappa shape index (κ1) is 8.58. The van der Waals surface area contributed by atoms with Crippen LogP contribution in [0.4, 0.5) is 0 Å². The molecule has 11 heavy (non-hydrogen) atoms. The van der Waals surface area contributed by atoms with Crippen molar-refractivity contribution in [2.24, 2.45) is 0 Å². The zero-order chi connectivity index (χ0) is 8.10. The lowest BCUT2D eigenvalue weighted by Crippen LogP contribution is -2.35. The first-order chi connectivity index (χ1) is 5.34. The van der Waals surface area contributed by atoms with Crippen molar-refractivity contribution in [3.63, 3.8) is 0 Å². The Labute approximate surface area is 68.3 Å². The molecule has 0 radical (unpaired) electrons. The van der Waals surface area contributed by atoms with Crippen LogP contribution in [0.5, 0.6) is 0 Å². The van der Waals surface area contributed by atoms with Crippen LogP contribution in [0, 0.1) is 12.3 Å². The van der Waals surface area contributed by atoms with Gasteiger partial charge in [-0.1, -0.05) is 0 Å². The Bertz CT molecular complexity index is 150. The van der Waals surface area contributed by atoms with Gasteiger partial charge in [-0.15, -0.1) is 12.3 Å². The fraction of sp³-hybridized carbons (Fsp3) is 0.778. The molecule has 0 amide bonds. The molecule has 62 valence electrons. The van der Waals surface area contributed by atoms with Crippen LogP contribution < -0.4 is 5.32 Å². The van der Waals surface area contributed by atoms with Gasteiger partial charge in [0.15, 0.2) is 0 Å². The zero-order valence-corrected chi connectivity index (χ0v) is 6.97. The Kier molecular flexibility index (Phi) is 3.41. The Balaban J connectivity index is 2.11. The minimum Gasteiger partial charge on any atom is -0.377 e. The van der Waals surface area contributed by atoms with E-state index < -0.39 is 0 Å². The summed E-state index contributed by atoms with van der Waals surface area (Å²) in [6.07, 6.45) is 7.41. The number of rotatable bonds is 3. The summed E-state index contributed by atoms with van der Waals surface area (Å²) in [6.45, 7) is 3.89. The van der Waals surface area contributed by atoms with Crippen LogP contribution in [0.15, 0.2) is 0 Å². The van der Waals surface area contributed by atoms with Crippen molar-refractivity contribution in [1.29, 1.82) is 0 Å². The van der Waals surface area contributed by atoms with Gasteiger partial charge in [-0.25, -0.2) is 0 Å². The van der Waals surface area contributed by atoms with E-state index in [0.717, 1.165) is 26.0 Å². The average molecular weight is 153 g/mol. The SMILES string of the molecule is C#CCCNC1CCOC1C.